The highest BCUT2D eigenvalue weighted by atomic mass is 19.4. The molecule has 82 valence electrons. The number of hydrogen-bond donors (Lipinski definition) is 2. The molecular formula is C6H9F3N2O3. The van der Waals surface area contributed by atoms with E-state index in [4.69, 9.17) is 11.5 Å². The molecule has 5 nitrogen and oxygen atoms in total. The zero-order chi connectivity index (χ0) is 11.6. The van der Waals surface area contributed by atoms with Crippen molar-refractivity contribution in [3.05, 3.63) is 0 Å². The molecule has 0 radical (unpaired) electrons. The van der Waals surface area contributed by atoms with Gasteiger partial charge in [0, 0.05) is 0 Å². The summed E-state index contributed by atoms with van der Waals surface area (Å²) in [6, 6.07) is 0. The maximum absolute atomic E-state index is 11.6. The van der Waals surface area contributed by atoms with E-state index in [-0.39, 0.29) is 0 Å². The normalized spacial score (nSPS) is 15.8. The summed E-state index contributed by atoms with van der Waals surface area (Å²) in [5.74, 6) is -3.47. The van der Waals surface area contributed by atoms with Crippen LogP contribution in [0.3, 0.4) is 0 Å². The Labute approximate surface area is 77.2 Å². The SMILES string of the molecule is CC(N)(COC(=O)C(F)(F)F)C(N)=O. The van der Waals surface area contributed by atoms with E-state index in [0.717, 1.165) is 6.92 Å². The second-order valence-electron chi connectivity index (χ2n) is 2.86. The summed E-state index contributed by atoms with van der Waals surface area (Å²) in [5, 5.41) is 0. The highest BCUT2D eigenvalue weighted by Crippen LogP contribution is 2.17. The molecular weight excluding hydrogens is 205 g/mol. The van der Waals surface area contributed by atoms with Gasteiger partial charge in [-0.1, -0.05) is 0 Å². The van der Waals surface area contributed by atoms with Crippen molar-refractivity contribution in [2.45, 2.75) is 18.6 Å². The average Bonchev–Trinajstić information content (AvgIpc) is 1.98. The van der Waals surface area contributed by atoms with Gasteiger partial charge in [0.25, 0.3) is 0 Å². The zero-order valence-electron chi connectivity index (χ0n) is 7.22. The van der Waals surface area contributed by atoms with Crippen LogP contribution in [0.1, 0.15) is 6.92 Å². The molecule has 0 rings (SSSR count). The van der Waals surface area contributed by atoms with Gasteiger partial charge in [-0.15, -0.1) is 0 Å². The Bertz CT molecular complexity index is 249. The van der Waals surface area contributed by atoms with Gasteiger partial charge in [0.1, 0.15) is 12.1 Å². The first-order valence-corrected chi connectivity index (χ1v) is 3.40. The summed E-state index contributed by atoms with van der Waals surface area (Å²) in [7, 11) is 0. The van der Waals surface area contributed by atoms with Gasteiger partial charge in [0.2, 0.25) is 5.91 Å². The molecule has 0 aromatic carbocycles. The van der Waals surface area contributed by atoms with Crippen molar-refractivity contribution in [2.24, 2.45) is 11.5 Å². The van der Waals surface area contributed by atoms with Crippen molar-refractivity contribution < 1.29 is 27.5 Å². The quantitative estimate of drug-likeness (QED) is 0.607. The van der Waals surface area contributed by atoms with Gasteiger partial charge in [-0.05, 0) is 6.92 Å². The van der Waals surface area contributed by atoms with Crippen molar-refractivity contribution in [1.82, 2.24) is 0 Å². The Hall–Kier alpha value is -1.31. The van der Waals surface area contributed by atoms with Gasteiger partial charge in [0.15, 0.2) is 0 Å². The molecule has 0 aromatic heterocycles. The van der Waals surface area contributed by atoms with E-state index in [1.54, 1.807) is 0 Å². The molecule has 0 aliphatic rings. The summed E-state index contributed by atoms with van der Waals surface area (Å²) < 4.78 is 38.5. The largest absolute Gasteiger partial charge is 0.490 e. The molecule has 0 aliphatic heterocycles. The molecule has 0 fully saturated rings. The van der Waals surface area contributed by atoms with Crippen LogP contribution < -0.4 is 11.5 Å². The third-order valence-corrected chi connectivity index (χ3v) is 1.30. The van der Waals surface area contributed by atoms with Crippen LogP contribution in [-0.4, -0.2) is 30.2 Å². The van der Waals surface area contributed by atoms with Crippen molar-refractivity contribution in [1.29, 1.82) is 0 Å². The minimum absolute atomic E-state index is 0.916. The number of primary amides is 1. The van der Waals surface area contributed by atoms with Gasteiger partial charge in [-0.25, -0.2) is 4.79 Å². The summed E-state index contributed by atoms with van der Waals surface area (Å²) in [6.07, 6.45) is -5.10. The van der Waals surface area contributed by atoms with Crippen LogP contribution in [-0.2, 0) is 14.3 Å². The van der Waals surface area contributed by atoms with E-state index in [2.05, 4.69) is 4.74 Å². The van der Waals surface area contributed by atoms with Gasteiger partial charge in [-0.3, -0.25) is 4.79 Å². The lowest BCUT2D eigenvalue weighted by Gasteiger charge is -2.20. The fourth-order valence-corrected chi connectivity index (χ4v) is 0.368. The van der Waals surface area contributed by atoms with Crippen LogP contribution in [0.5, 0.6) is 0 Å². The smallest absolute Gasteiger partial charge is 0.457 e. The standard InChI is InChI=1S/C6H9F3N2O3/c1-5(11,3(10)12)2-14-4(13)6(7,8)9/h2,11H2,1H3,(H2,10,12). The molecule has 0 saturated heterocycles. The van der Waals surface area contributed by atoms with Crippen LogP contribution in [0.2, 0.25) is 0 Å². The molecule has 1 atom stereocenters. The van der Waals surface area contributed by atoms with E-state index in [1.807, 2.05) is 0 Å². The summed E-state index contributed by atoms with van der Waals surface area (Å²) >= 11 is 0. The molecule has 0 saturated carbocycles. The number of amides is 1. The van der Waals surface area contributed by atoms with Gasteiger partial charge in [0.05, 0.1) is 0 Å². The van der Waals surface area contributed by atoms with E-state index < -0.39 is 30.2 Å². The first kappa shape index (κ1) is 12.7. The lowest BCUT2D eigenvalue weighted by Crippen LogP contribution is -2.53. The fraction of sp³-hybridized carbons (Fsp3) is 0.667. The molecule has 0 bridgehead atoms. The van der Waals surface area contributed by atoms with Crippen molar-refractivity contribution in [3.63, 3.8) is 0 Å². The molecule has 0 aliphatic carbocycles. The van der Waals surface area contributed by atoms with Crippen LogP contribution in [0.15, 0.2) is 0 Å². The lowest BCUT2D eigenvalue weighted by molar-refractivity contribution is -0.201. The van der Waals surface area contributed by atoms with Crippen LogP contribution >= 0.6 is 0 Å². The van der Waals surface area contributed by atoms with E-state index in [1.165, 1.54) is 0 Å². The molecule has 0 aromatic rings. The van der Waals surface area contributed by atoms with E-state index >= 15 is 0 Å². The molecule has 1 unspecified atom stereocenters. The number of carbonyl (C=O) groups excluding carboxylic acids is 2. The summed E-state index contributed by atoms with van der Waals surface area (Å²) in [6.45, 7) is 0.139. The number of esters is 1. The van der Waals surface area contributed by atoms with Gasteiger partial charge in [-0.2, -0.15) is 13.2 Å². The predicted octanol–water partition coefficient (Wildman–Crippen LogP) is -0.705. The Balaban J connectivity index is 4.21. The summed E-state index contributed by atoms with van der Waals surface area (Å²) in [5.41, 5.74) is 8.06. The van der Waals surface area contributed by atoms with E-state index in [9.17, 15) is 22.8 Å². The van der Waals surface area contributed by atoms with Crippen LogP contribution in [0.25, 0.3) is 0 Å². The third-order valence-electron chi connectivity index (χ3n) is 1.30. The minimum Gasteiger partial charge on any atom is -0.457 e. The number of nitrogens with two attached hydrogens (primary N) is 2. The Morgan fingerprint density at radius 2 is 1.79 bits per heavy atom. The molecule has 14 heavy (non-hydrogen) atoms. The maximum atomic E-state index is 11.6. The third kappa shape index (κ3) is 3.60. The van der Waals surface area contributed by atoms with E-state index in [0.29, 0.717) is 0 Å². The van der Waals surface area contributed by atoms with Gasteiger partial charge >= 0.3 is 12.1 Å². The Morgan fingerprint density at radius 3 is 2.07 bits per heavy atom. The molecule has 4 N–H and O–H groups in total. The molecule has 0 heterocycles. The number of carbonyl (C=O) groups is 2. The predicted molar refractivity (Wildman–Crippen MR) is 38.8 cm³/mol. The number of alkyl halides is 3. The maximum Gasteiger partial charge on any atom is 0.490 e. The van der Waals surface area contributed by atoms with Crippen molar-refractivity contribution in [2.75, 3.05) is 6.61 Å². The monoisotopic (exact) mass is 214 g/mol. The van der Waals surface area contributed by atoms with Gasteiger partial charge < -0.3 is 16.2 Å². The number of ether oxygens (including phenoxy) is 1. The topological polar surface area (TPSA) is 95.4 Å². The Kier molecular flexibility index (Phi) is 3.47. The second kappa shape index (κ2) is 3.82. The van der Waals surface area contributed by atoms with Crippen molar-refractivity contribution >= 4 is 11.9 Å². The fourth-order valence-electron chi connectivity index (χ4n) is 0.368. The number of hydrogen-bond acceptors (Lipinski definition) is 4. The molecule has 1 amide bonds. The summed E-state index contributed by atoms with van der Waals surface area (Å²) in [4.78, 5) is 20.7. The molecule has 8 heteroatoms. The second-order valence-corrected chi connectivity index (χ2v) is 2.86. The van der Waals surface area contributed by atoms with Crippen molar-refractivity contribution in [3.8, 4) is 0 Å². The average molecular weight is 214 g/mol. The van der Waals surface area contributed by atoms with Crippen LogP contribution in [0, 0.1) is 0 Å². The van der Waals surface area contributed by atoms with Crippen LogP contribution in [0.4, 0.5) is 13.2 Å². The number of halogens is 3. The highest BCUT2D eigenvalue weighted by Gasteiger charge is 2.42. The first-order chi connectivity index (χ1) is 6.07. The highest BCUT2D eigenvalue weighted by molar-refractivity contribution is 5.84. The lowest BCUT2D eigenvalue weighted by atomic mass is 10.1. The minimum atomic E-state index is -5.10. The Morgan fingerprint density at radius 1 is 1.36 bits per heavy atom. The zero-order valence-corrected chi connectivity index (χ0v) is 7.22. The molecule has 0 spiro atoms. The number of rotatable bonds is 3. The first-order valence-electron chi connectivity index (χ1n) is 3.40.